The third kappa shape index (κ3) is 7.41. The van der Waals surface area contributed by atoms with Crippen molar-refractivity contribution in [3.63, 3.8) is 0 Å². The van der Waals surface area contributed by atoms with Crippen LogP contribution in [0.2, 0.25) is 0 Å². The van der Waals surface area contributed by atoms with Gasteiger partial charge in [-0.1, -0.05) is 41.5 Å². The summed E-state index contributed by atoms with van der Waals surface area (Å²) in [6, 6.07) is 2.49. The van der Waals surface area contributed by atoms with E-state index in [-0.39, 0.29) is 36.2 Å². The molecule has 2 atom stereocenters. The normalized spacial score (nSPS) is 13.9. The topological polar surface area (TPSA) is 135 Å². The molecule has 0 amide bonds. The second-order valence-corrected chi connectivity index (χ2v) is 10.8. The lowest BCUT2D eigenvalue weighted by Gasteiger charge is -2.27. The summed E-state index contributed by atoms with van der Waals surface area (Å²) in [6.07, 6.45) is 3.91. The zero-order valence-corrected chi connectivity index (χ0v) is 21.3. The number of ketones is 2. The van der Waals surface area contributed by atoms with Gasteiger partial charge in [-0.05, 0) is 19.3 Å². The van der Waals surface area contributed by atoms with Gasteiger partial charge in [-0.2, -0.15) is 0 Å². The van der Waals surface area contributed by atoms with Gasteiger partial charge in [-0.15, -0.1) is 0 Å². The Morgan fingerprint density at radius 3 is 1.43 bits per heavy atom. The van der Waals surface area contributed by atoms with Crippen LogP contribution in [0.15, 0.2) is 43.1 Å². The Hall–Kier alpha value is -3.16. The molecule has 0 saturated carbocycles. The van der Waals surface area contributed by atoms with Crippen LogP contribution < -0.4 is 10.9 Å². The molecule has 0 spiro atoms. The molecular weight excluding hydrogens is 452 g/mol. The van der Waals surface area contributed by atoms with Crippen LogP contribution in [-0.4, -0.2) is 21.8 Å². The molecule has 2 heterocycles. The van der Waals surface area contributed by atoms with Crippen molar-refractivity contribution in [3.8, 4) is 11.5 Å². The lowest BCUT2D eigenvalue weighted by molar-refractivity contribution is -0.124. The van der Waals surface area contributed by atoms with Crippen LogP contribution in [-0.2, 0) is 20.4 Å². The highest BCUT2D eigenvalue weighted by Crippen LogP contribution is 2.33. The first-order valence-corrected chi connectivity index (χ1v) is 11.8. The molecule has 0 aromatic carbocycles. The van der Waals surface area contributed by atoms with Crippen LogP contribution in [0.25, 0.3) is 0 Å². The van der Waals surface area contributed by atoms with Crippen LogP contribution in [0.5, 0.6) is 11.5 Å². The lowest BCUT2D eigenvalue weighted by atomic mass is 9.78. The molecule has 192 valence electrons. The molecule has 8 heteroatoms. The largest absolute Gasteiger partial charge is 0.502 e. The van der Waals surface area contributed by atoms with Crippen molar-refractivity contribution in [3.05, 3.63) is 56.6 Å². The summed E-state index contributed by atoms with van der Waals surface area (Å²) in [5.74, 6) is -0.642. The van der Waals surface area contributed by atoms with Crippen LogP contribution in [0.1, 0.15) is 85.2 Å². The predicted octanol–water partition coefficient (Wildman–Crippen LogP) is 4.62. The Balaban J connectivity index is 1.87. The van der Waals surface area contributed by atoms with Gasteiger partial charge in [0.25, 0.3) is 0 Å². The van der Waals surface area contributed by atoms with Gasteiger partial charge in [0, 0.05) is 47.6 Å². The van der Waals surface area contributed by atoms with Gasteiger partial charge < -0.3 is 19.0 Å². The van der Waals surface area contributed by atoms with Crippen LogP contribution >= 0.6 is 0 Å². The Morgan fingerprint density at radius 2 is 1.11 bits per heavy atom. The van der Waals surface area contributed by atoms with Crippen molar-refractivity contribution in [2.75, 3.05) is 0 Å². The summed E-state index contributed by atoms with van der Waals surface area (Å²) in [7, 11) is 0. The quantitative estimate of drug-likeness (QED) is 0.442. The Bertz CT molecular complexity index is 1080. The average molecular weight is 489 g/mol. The number of hydrogen-bond acceptors (Lipinski definition) is 8. The van der Waals surface area contributed by atoms with E-state index in [4.69, 9.17) is 8.83 Å². The number of carbonyl (C=O) groups is 2. The van der Waals surface area contributed by atoms with E-state index in [1.165, 1.54) is 12.1 Å². The number of rotatable bonds is 12. The van der Waals surface area contributed by atoms with Crippen molar-refractivity contribution in [2.45, 2.75) is 84.5 Å². The molecule has 2 rings (SSSR count). The Morgan fingerprint density at radius 1 is 0.771 bits per heavy atom. The standard InChI is InChI=1S/C27H36O8/c1-16(12-26(3,4)24-10-20(30)22(32)14-34-24)18(28)8-7-9-19(29)17(2)13-27(5,6)25-11-21(31)23(33)15-35-25/h10-11,14-17,32-33H,7-9,12-13H2,1-6H3. The van der Waals surface area contributed by atoms with Gasteiger partial charge in [0.05, 0.1) is 0 Å². The molecule has 2 aromatic heterocycles. The number of hydrogen-bond donors (Lipinski definition) is 2. The Kier molecular flexibility index (Phi) is 8.87. The molecule has 0 aliphatic rings. The molecule has 35 heavy (non-hydrogen) atoms. The van der Waals surface area contributed by atoms with Crippen molar-refractivity contribution in [1.29, 1.82) is 0 Å². The summed E-state index contributed by atoms with van der Waals surface area (Å²) in [5, 5.41) is 18.8. The maximum atomic E-state index is 12.7. The highest BCUT2D eigenvalue weighted by atomic mass is 16.4. The monoisotopic (exact) mass is 488 g/mol. The van der Waals surface area contributed by atoms with E-state index in [9.17, 15) is 29.4 Å². The maximum absolute atomic E-state index is 12.7. The summed E-state index contributed by atoms with van der Waals surface area (Å²) >= 11 is 0. The molecule has 0 aliphatic carbocycles. The highest BCUT2D eigenvalue weighted by molar-refractivity contribution is 5.83. The van der Waals surface area contributed by atoms with E-state index in [0.717, 1.165) is 12.5 Å². The molecule has 0 radical (unpaired) electrons. The third-order valence-corrected chi connectivity index (χ3v) is 6.54. The van der Waals surface area contributed by atoms with Gasteiger partial charge in [0.1, 0.15) is 35.6 Å². The smallest absolute Gasteiger partial charge is 0.226 e. The van der Waals surface area contributed by atoms with Gasteiger partial charge in [0.2, 0.25) is 10.9 Å². The van der Waals surface area contributed by atoms with Gasteiger partial charge in [-0.3, -0.25) is 19.2 Å². The van der Waals surface area contributed by atoms with Gasteiger partial charge in [-0.25, -0.2) is 0 Å². The minimum Gasteiger partial charge on any atom is -0.502 e. The molecule has 0 bridgehead atoms. The lowest BCUT2D eigenvalue weighted by Crippen LogP contribution is -2.26. The molecule has 2 N–H and O–H groups in total. The zero-order chi connectivity index (χ0) is 26.6. The fourth-order valence-electron chi connectivity index (χ4n) is 4.41. The van der Waals surface area contributed by atoms with Crippen molar-refractivity contribution in [2.24, 2.45) is 11.8 Å². The summed E-state index contributed by atoms with van der Waals surface area (Å²) in [5.41, 5.74) is -2.22. The zero-order valence-electron chi connectivity index (χ0n) is 21.3. The molecule has 2 unspecified atom stereocenters. The minimum atomic E-state index is -0.582. The van der Waals surface area contributed by atoms with Gasteiger partial charge in [0.15, 0.2) is 11.5 Å². The average Bonchev–Trinajstić information content (AvgIpc) is 2.76. The SMILES string of the molecule is CC(CC(C)(C)c1cc(=O)c(O)co1)C(=O)CCCC(=O)C(C)CC(C)(C)c1cc(=O)c(O)co1. The van der Waals surface area contributed by atoms with Crippen molar-refractivity contribution >= 4 is 11.6 Å². The predicted molar refractivity (Wildman–Crippen MR) is 131 cm³/mol. The third-order valence-electron chi connectivity index (χ3n) is 6.54. The first kappa shape index (κ1) is 28.1. The molecule has 0 saturated heterocycles. The van der Waals surface area contributed by atoms with E-state index in [1.54, 1.807) is 0 Å². The van der Waals surface area contributed by atoms with E-state index in [0.29, 0.717) is 30.8 Å². The fourth-order valence-corrected chi connectivity index (χ4v) is 4.41. The summed E-state index contributed by atoms with van der Waals surface area (Å²) in [4.78, 5) is 48.8. The minimum absolute atomic E-state index is 0.0332. The van der Waals surface area contributed by atoms with Gasteiger partial charge >= 0.3 is 0 Å². The molecule has 8 nitrogen and oxygen atoms in total. The molecule has 0 fully saturated rings. The van der Waals surface area contributed by atoms with Crippen LogP contribution in [0.4, 0.5) is 0 Å². The van der Waals surface area contributed by atoms with E-state index in [1.807, 2.05) is 41.5 Å². The van der Waals surface area contributed by atoms with E-state index in [2.05, 4.69) is 0 Å². The highest BCUT2D eigenvalue weighted by Gasteiger charge is 2.31. The summed E-state index contributed by atoms with van der Waals surface area (Å²) in [6.45, 7) is 11.1. The second-order valence-electron chi connectivity index (χ2n) is 10.8. The van der Waals surface area contributed by atoms with Crippen molar-refractivity contribution in [1.82, 2.24) is 0 Å². The van der Waals surface area contributed by atoms with E-state index < -0.39 is 33.2 Å². The maximum Gasteiger partial charge on any atom is 0.226 e. The first-order chi connectivity index (χ1) is 16.1. The number of Topliss-reactive ketones (excluding diaryl/α,β-unsaturated/α-hetero) is 2. The van der Waals surface area contributed by atoms with Crippen LogP contribution in [0, 0.1) is 11.8 Å². The number of aromatic hydroxyl groups is 2. The van der Waals surface area contributed by atoms with E-state index >= 15 is 0 Å². The molecular formula is C27H36O8. The van der Waals surface area contributed by atoms with Crippen LogP contribution in [0.3, 0.4) is 0 Å². The second kappa shape index (κ2) is 11.1. The molecule has 2 aromatic rings. The molecule has 0 aliphatic heterocycles. The number of carbonyl (C=O) groups excluding carboxylic acids is 2. The Labute approximate surface area is 205 Å². The summed E-state index contributed by atoms with van der Waals surface area (Å²) < 4.78 is 10.7. The fraction of sp³-hybridized carbons (Fsp3) is 0.556. The first-order valence-electron chi connectivity index (χ1n) is 11.8. The van der Waals surface area contributed by atoms with Crippen molar-refractivity contribution < 1.29 is 28.6 Å².